The third-order valence-electron chi connectivity index (χ3n) is 6.15. The summed E-state index contributed by atoms with van der Waals surface area (Å²) in [6, 6.07) is 22.2. The van der Waals surface area contributed by atoms with Crippen molar-refractivity contribution in [3.8, 4) is 33.8 Å². The van der Waals surface area contributed by atoms with Crippen molar-refractivity contribution in [3.05, 3.63) is 116 Å². The van der Waals surface area contributed by atoms with E-state index in [2.05, 4.69) is 0 Å². The lowest BCUT2D eigenvalue weighted by molar-refractivity contribution is -0.385. The van der Waals surface area contributed by atoms with Gasteiger partial charge in [0, 0.05) is 35.4 Å². The Morgan fingerprint density at radius 3 is 1.45 bits per heavy atom. The van der Waals surface area contributed by atoms with Crippen molar-refractivity contribution in [1.82, 2.24) is 0 Å². The van der Waals surface area contributed by atoms with Crippen LogP contribution in [0.3, 0.4) is 0 Å². The predicted octanol–water partition coefficient (Wildman–Crippen LogP) is 7.65. The van der Waals surface area contributed by atoms with Gasteiger partial charge in [-0.2, -0.15) is 0 Å². The van der Waals surface area contributed by atoms with Crippen molar-refractivity contribution in [2.75, 3.05) is 13.2 Å². The van der Waals surface area contributed by atoms with E-state index in [4.69, 9.17) is 9.47 Å². The highest BCUT2D eigenvalue weighted by atomic mass is 16.6. The van der Waals surface area contributed by atoms with E-state index in [0.717, 1.165) is 12.8 Å². The third kappa shape index (κ3) is 6.32. The van der Waals surface area contributed by atoms with Crippen LogP contribution in [0.2, 0.25) is 0 Å². The molecule has 0 aliphatic carbocycles. The molecule has 40 heavy (non-hydrogen) atoms. The Kier molecular flexibility index (Phi) is 8.86. The van der Waals surface area contributed by atoms with Crippen LogP contribution in [-0.4, -0.2) is 28.8 Å². The highest BCUT2D eigenvalue weighted by Gasteiger charge is 2.22. The molecule has 0 N–H and O–H groups in total. The molecule has 4 aromatic carbocycles. The van der Waals surface area contributed by atoms with Crippen molar-refractivity contribution in [2.24, 2.45) is 0 Å². The highest BCUT2D eigenvalue weighted by molar-refractivity contribution is 6.16. The minimum absolute atomic E-state index is 0.106. The van der Waals surface area contributed by atoms with E-state index in [1.165, 1.54) is 24.3 Å². The molecule has 0 aromatic heterocycles. The van der Waals surface area contributed by atoms with Gasteiger partial charge in [0.25, 0.3) is 11.4 Å². The largest absolute Gasteiger partial charge is 0.494 e. The fraction of sp³-hybridized carbons (Fsp3) is 0.194. The first kappa shape index (κ1) is 28.0. The Morgan fingerprint density at radius 1 is 0.650 bits per heavy atom. The normalized spacial score (nSPS) is 10.7. The lowest BCUT2D eigenvalue weighted by Gasteiger charge is -2.16. The van der Waals surface area contributed by atoms with E-state index in [0.29, 0.717) is 58.1 Å². The summed E-state index contributed by atoms with van der Waals surface area (Å²) in [5, 5.41) is 22.9. The SMILES string of the molecule is CCCOc1ccc(C(=O)c2ccc(OCCC)cc2-c2cccc([N+](=O)[O-])c2)c(-c2cccc([N+](=O)[O-])c2)c1. The highest BCUT2D eigenvalue weighted by Crippen LogP contribution is 2.36. The molecule has 0 radical (unpaired) electrons. The minimum atomic E-state index is -0.488. The second-order valence-electron chi connectivity index (χ2n) is 9.06. The maximum absolute atomic E-state index is 14.2. The summed E-state index contributed by atoms with van der Waals surface area (Å²) in [6.07, 6.45) is 1.57. The second-order valence-corrected chi connectivity index (χ2v) is 9.06. The van der Waals surface area contributed by atoms with Crippen LogP contribution in [0.5, 0.6) is 11.5 Å². The summed E-state index contributed by atoms with van der Waals surface area (Å²) < 4.78 is 11.6. The van der Waals surface area contributed by atoms with Crippen molar-refractivity contribution >= 4 is 17.2 Å². The zero-order valence-electron chi connectivity index (χ0n) is 22.2. The molecule has 0 aliphatic heterocycles. The van der Waals surface area contributed by atoms with Crippen LogP contribution in [0.4, 0.5) is 11.4 Å². The number of benzene rings is 4. The van der Waals surface area contributed by atoms with Gasteiger partial charge in [0.05, 0.1) is 23.1 Å². The number of nitro benzene ring substituents is 2. The maximum Gasteiger partial charge on any atom is 0.270 e. The van der Waals surface area contributed by atoms with Gasteiger partial charge in [-0.25, -0.2) is 0 Å². The molecule has 0 saturated heterocycles. The van der Waals surface area contributed by atoms with Gasteiger partial charge < -0.3 is 9.47 Å². The lowest BCUT2D eigenvalue weighted by Crippen LogP contribution is -2.07. The van der Waals surface area contributed by atoms with E-state index in [-0.39, 0.29) is 17.2 Å². The number of hydrogen-bond acceptors (Lipinski definition) is 7. The number of rotatable bonds is 12. The fourth-order valence-corrected chi connectivity index (χ4v) is 4.26. The first-order chi connectivity index (χ1) is 19.3. The summed E-state index contributed by atoms with van der Waals surface area (Å²) in [7, 11) is 0. The molecule has 9 nitrogen and oxygen atoms in total. The van der Waals surface area contributed by atoms with Crippen LogP contribution in [-0.2, 0) is 0 Å². The summed E-state index contributed by atoms with van der Waals surface area (Å²) in [6.45, 7) is 4.89. The molecule has 0 fully saturated rings. The Labute approximate surface area is 231 Å². The molecule has 4 rings (SSSR count). The average Bonchev–Trinajstić information content (AvgIpc) is 2.98. The number of ether oxygens (including phenoxy) is 2. The van der Waals surface area contributed by atoms with Gasteiger partial charge in [0.15, 0.2) is 5.78 Å². The monoisotopic (exact) mass is 540 g/mol. The number of carbonyl (C=O) groups is 1. The average molecular weight is 541 g/mol. The molecule has 4 aromatic rings. The molecule has 204 valence electrons. The molecular weight excluding hydrogens is 512 g/mol. The number of hydrogen-bond donors (Lipinski definition) is 0. The topological polar surface area (TPSA) is 122 Å². The van der Waals surface area contributed by atoms with E-state index in [1.54, 1.807) is 60.7 Å². The standard InChI is InChI=1S/C31H28N2O7/c1-3-15-39-25-11-13-27(29(19-25)21-7-5-9-23(17-21)32(35)36)31(34)28-14-12-26(40-16-4-2)20-30(28)22-8-6-10-24(18-22)33(37)38/h5-14,17-20H,3-4,15-16H2,1-2H3. The molecule has 0 spiro atoms. The van der Waals surface area contributed by atoms with Crippen molar-refractivity contribution in [2.45, 2.75) is 26.7 Å². The van der Waals surface area contributed by atoms with Gasteiger partial charge in [-0.15, -0.1) is 0 Å². The third-order valence-corrected chi connectivity index (χ3v) is 6.15. The molecule has 0 aliphatic rings. The van der Waals surface area contributed by atoms with Crippen LogP contribution >= 0.6 is 0 Å². The molecule has 0 bridgehead atoms. The van der Waals surface area contributed by atoms with Gasteiger partial charge in [-0.05, 0) is 71.5 Å². The summed E-state index contributed by atoms with van der Waals surface area (Å²) >= 11 is 0. The van der Waals surface area contributed by atoms with Gasteiger partial charge in [-0.1, -0.05) is 38.1 Å². The molecule has 0 saturated carbocycles. The van der Waals surface area contributed by atoms with E-state index < -0.39 is 9.85 Å². The lowest BCUT2D eigenvalue weighted by atomic mass is 9.89. The Hall–Kier alpha value is -5.05. The first-order valence-corrected chi connectivity index (χ1v) is 12.9. The number of nitro groups is 2. The second kappa shape index (κ2) is 12.7. The smallest absolute Gasteiger partial charge is 0.270 e. The fourth-order valence-electron chi connectivity index (χ4n) is 4.26. The summed E-state index contributed by atoms with van der Waals surface area (Å²) in [4.78, 5) is 36.1. The predicted molar refractivity (Wildman–Crippen MR) is 152 cm³/mol. The Morgan fingerprint density at radius 2 is 1.07 bits per heavy atom. The number of carbonyl (C=O) groups excluding carboxylic acids is 1. The molecule has 0 unspecified atom stereocenters. The number of nitrogens with zero attached hydrogens (tertiary/aromatic N) is 2. The number of non-ortho nitro benzene ring substituents is 2. The zero-order chi connectivity index (χ0) is 28.6. The Balaban J connectivity index is 1.89. The zero-order valence-corrected chi connectivity index (χ0v) is 22.2. The van der Waals surface area contributed by atoms with Crippen molar-refractivity contribution in [1.29, 1.82) is 0 Å². The van der Waals surface area contributed by atoms with E-state index >= 15 is 0 Å². The van der Waals surface area contributed by atoms with Crippen LogP contribution in [0.15, 0.2) is 84.9 Å². The first-order valence-electron chi connectivity index (χ1n) is 12.9. The van der Waals surface area contributed by atoms with E-state index in [9.17, 15) is 25.0 Å². The molecular formula is C31H28N2O7. The van der Waals surface area contributed by atoms with Gasteiger partial charge in [0.1, 0.15) is 11.5 Å². The van der Waals surface area contributed by atoms with Crippen LogP contribution in [0.25, 0.3) is 22.3 Å². The Bertz CT molecular complexity index is 1450. The molecule has 0 heterocycles. The number of ketones is 1. The van der Waals surface area contributed by atoms with Gasteiger partial charge in [-0.3, -0.25) is 25.0 Å². The van der Waals surface area contributed by atoms with Crippen LogP contribution in [0.1, 0.15) is 42.6 Å². The summed E-state index contributed by atoms with van der Waals surface area (Å²) in [5.74, 6) is 0.705. The van der Waals surface area contributed by atoms with Crippen molar-refractivity contribution in [3.63, 3.8) is 0 Å². The minimum Gasteiger partial charge on any atom is -0.494 e. The molecule has 9 heteroatoms. The maximum atomic E-state index is 14.2. The van der Waals surface area contributed by atoms with Gasteiger partial charge >= 0.3 is 0 Å². The van der Waals surface area contributed by atoms with Crippen molar-refractivity contribution < 1.29 is 24.1 Å². The summed E-state index contributed by atoms with van der Waals surface area (Å²) in [5.41, 5.74) is 2.31. The molecule has 0 amide bonds. The molecule has 0 atom stereocenters. The van der Waals surface area contributed by atoms with Crippen LogP contribution < -0.4 is 9.47 Å². The van der Waals surface area contributed by atoms with Crippen LogP contribution in [0, 0.1) is 20.2 Å². The van der Waals surface area contributed by atoms with E-state index in [1.807, 2.05) is 13.8 Å². The quantitative estimate of drug-likeness (QED) is 0.103. The van der Waals surface area contributed by atoms with Gasteiger partial charge in [0.2, 0.25) is 0 Å².